The van der Waals surface area contributed by atoms with Crippen molar-refractivity contribution in [1.82, 2.24) is 14.9 Å². The Labute approximate surface area is 189 Å². The summed E-state index contributed by atoms with van der Waals surface area (Å²) in [5, 5.41) is 0. The third-order valence-electron chi connectivity index (χ3n) is 5.97. The maximum Gasteiger partial charge on any atom is 0.227 e. The van der Waals surface area contributed by atoms with Crippen LogP contribution in [-0.2, 0) is 17.6 Å². The molecule has 1 aliphatic rings. The number of aromatic nitrogens is 2. The van der Waals surface area contributed by atoms with Gasteiger partial charge in [0, 0.05) is 43.9 Å². The number of piperazine rings is 1. The number of carbonyl (C=O) groups excluding carboxylic acids is 1. The average Bonchev–Trinajstić information content (AvgIpc) is 2.82. The minimum atomic E-state index is 0.185. The summed E-state index contributed by atoms with van der Waals surface area (Å²) in [6.07, 6.45) is 1.22. The Morgan fingerprint density at radius 1 is 0.906 bits per heavy atom. The van der Waals surface area contributed by atoms with Crippen LogP contribution in [0, 0.1) is 13.8 Å². The lowest BCUT2D eigenvalue weighted by Crippen LogP contribution is -2.49. The first-order valence-electron chi connectivity index (χ1n) is 11.1. The number of ether oxygens (including phenoxy) is 1. The van der Waals surface area contributed by atoms with Crippen LogP contribution in [0.4, 0.5) is 5.82 Å². The molecule has 1 aromatic heterocycles. The molecule has 6 nitrogen and oxygen atoms in total. The van der Waals surface area contributed by atoms with Gasteiger partial charge in [0.05, 0.1) is 13.5 Å². The number of anilines is 1. The monoisotopic (exact) mass is 430 g/mol. The highest BCUT2D eigenvalue weighted by Gasteiger charge is 2.24. The molecule has 0 spiro atoms. The van der Waals surface area contributed by atoms with E-state index in [0.29, 0.717) is 19.5 Å². The van der Waals surface area contributed by atoms with E-state index >= 15 is 0 Å². The highest BCUT2D eigenvalue weighted by molar-refractivity contribution is 5.79. The summed E-state index contributed by atoms with van der Waals surface area (Å²) in [6.45, 7) is 6.94. The first kappa shape index (κ1) is 21.8. The summed E-state index contributed by atoms with van der Waals surface area (Å²) < 4.78 is 5.28. The molecule has 2 aromatic carbocycles. The molecule has 1 amide bonds. The van der Waals surface area contributed by atoms with Gasteiger partial charge in [-0.15, -0.1) is 0 Å². The van der Waals surface area contributed by atoms with Crippen molar-refractivity contribution >= 4 is 11.7 Å². The fourth-order valence-electron chi connectivity index (χ4n) is 4.18. The van der Waals surface area contributed by atoms with E-state index in [2.05, 4.69) is 28.9 Å². The van der Waals surface area contributed by atoms with E-state index in [1.54, 1.807) is 7.11 Å². The zero-order valence-corrected chi connectivity index (χ0v) is 19.0. The molecule has 0 saturated carbocycles. The van der Waals surface area contributed by atoms with E-state index in [-0.39, 0.29) is 5.91 Å². The van der Waals surface area contributed by atoms with Crippen LogP contribution in [0.2, 0.25) is 0 Å². The van der Waals surface area contributed by atoms with E-state index in [1.807, 2.05) is 54.3 Å². The van der Waals surface area contributed by atoms with Crippen LogP contribution in [-0.4, -0.2) is 54.1 Å². The van der Waals surface area contributed by atoms with Crippen molar-refractivity contribution in [3.8, 4) is 5.75 Å². The molecule has 0 bridgehead atoms. The molecule has 166 valence electrons. The first-order valence-corrected chi connectivity index (χ1v) is 11.1. The highest BCUT2D eigenvalue weighted by Crippen LogP contribution is 2.26. The van der Waals surface area contributed by atoms with Gasteiger partial charge >= 0.3 is 0 Å². The summed E-state index contributed by atoms with van der Waals surface area (Å²) in [7, 11) is 1.68. The Kier molecular flexibility index (Phi) is 6.69. The number of carbonyl (C=O) groups is 1. The second kappa shape index (κ2) is 9.81. The molecule has 4 rings (SSSR count). The minimum absolute atomic E-state index is 0.185. The highest BCUT2D eigenvalue weighted by atomic mass is 16.5. The summed E-state index contributed by atoms with van der Waals surface area (Å²) in [4.78, 5) is 26.4. The molecule has 1 aliphatic heterocycles. The lowest BCUT2D eigenvalue weighted by molar-refractivity contribution is -0.130. The van der Waals surface area contributed by atoms with Crippen molar-refractivity contribution in [2.75, 3.05) is 38.2 Å². The van der Waals surface area contributed by atoms with Crippen molar-refractivity contribution in [2.45, 2.75) is 26.7 Å². The Bertz CT molecular complexity index is 1060. The molecule has 0 unspecified atom stereocenters. The predicted octanol–water partition coefficient (Wildman–Crippen LogP) is 3.58. The third kappa shape index (κ3) is 5.07. The molecular weight excluding hydrogens is 400 g/mol. The topological polar surface area (TPSA) is 58.6 Å². The summed E-state index contributed by atoms with van der Waals surface area (Å²) in [5.74, 6) is 2.80. The number of rotatable bonds is 6. The van der Waals surface area contributed by atoms with Crippen LogP contribution in [0.25, 0.3) is 0 Å². The van der Waals surface area contributed by atoms with Gasteiger partial charge in [-0.3, -0.25) is 4.79 Å². The molecular formula is C26H30N4O2. The van der Waals surface area contributed by atoms with Gasteiger partial charge in [0.2, 0.25) is 5.91 Å². The quantitative estimate of drug-likeness (QED) is 0.598. The molecule has 32 heavy (non-hydrogen) atoms. The molecule has 1 saturated heterocycles. The number of nitrogens with zero attached hydrogens (tertiary/aromatic N) is 4. The van der Waals surface area contributed by atoms with Crippen LogP contribution in [0.3, 0.4) is 0 Å². The Morgan fingerprint density at radius 3 is 2.25 bits per heavy atom. The number of amides is 1. The fraction of sp³-hybridized carbons (Fsp3) is 0.346. The largest absolute Gasteiger partial charge is 0.497 e. The second-order valence-electron chi connectivity index (χ2n) is 8.21. The van der Waals surface area contributed by atoms with Gasteiger partial charge in [-0.05, 0) is 37.1 Å². The summed E-state index contributed by atoms with van der Waals surface area (Å²) in [5.41, 5.74) is 4.40. The van der Waals surface area contributed by atoms with Gasteiger partial charge in [-0.2, -0.15) is 0 Å². The van der Waals surface area contributed by atoms with E-state index in [1.165, 1.54) is 5.56 Å². The number of hydrogen-bond donors (Lipinski definition) is 0. The standard InChI is InChI=1S/C26H30N4O2/c1-19-24(17-22-9-11-23(32-3)12-10-22)26(28-20(2)27-19)30-15-13-29(14-16-30)25(31)18-21-7-5-4-6-8-21/h4-12H,13-18H2,1-3H3. The van der Waals surface area contributed by atoms with E-state index in [0.717, 1.165) is 53.7 Å². The zero-order valence-electron chi connectivity index (χ0n) is 19.0. The van der Waals surface area contributed by atoms with Gasteiger partial charge in [-0.25, -0.2) is 9.97 Å². The Morgan fingerprint density at radius 2 is 1.59 bits per heavy atom. The van der Waals surface area contributed by atoms with Gasteiger partial charge in [0.25, 0.3) is 0 Å². The molecule has 3 aromatic rings. The molecule has 0 atom stereocenters. The van der Waals surface area contributed by atoms with Crippen molar-refractivity contribution in [3.05, 3.63) is 82.8 Å². The maximum absolute atomic E-state index is 12.8. The molecule has 6 heteroatoms. The van der Waals surface area contributed by atoms with Gasteiger partial charge in [-0.1, -0.05) is 42.5 Å². The molecule has 1 fully saturated rings. The lowest BCUT2D eigenvalue weighted by atomic mass is 10.0. The van der Waals surface area contributed by atoms with E-state index in [4.69, 9.17) is 9.72 Å². The fourth-order valence-corrected chi connectivity index (χ4v) is 4.18. The van der Waals surface area contributed by atoms with Crippen molar-refractivity contribution in [2.24, 2.45) is 0 Å². The normalized spacial score (nSPS) is 13.8. The van der Waals surface area contributed by atoms with Gasteiger partial charge in [0.1, 0.15) is 17.4 Å². The van der Waals surface area contributed by atoms with Crippen molar-refractivity contribution in [1.29, 1.82) is 0 Å². The second-order valence-corrected chi connectivity index (χ2v) is 8.21. The summed E-state index contributed by atoms with van der Waals surface area (Å²) >= 11 is 0. The average molecular weight is 431 g/mol. The molecule has 0 aliphatic carbocycles. The number of benzene rings is 2. The zero-order chi connectivity index (χ0) is 22.5. The number of methoxy groups -OCH3 is 1. The Balaban J connectivity index is 1.47. The molecule has 0 radical (unpaired) electrons. The first-order chi connectivity index (χ1) is 15.5. The Hall–Kier alpha value is -3.41. The van der Waals surface area contributed by atoms with Crippen LogP contribution < -0.4 is 9.64 Å². The van der Waals surface area contributed by atoms with Crippen LogP contribution in [0.5, 0.6) is 5.75 Å². The van der Waals surface area contributed by atoms with Crippen LogP contribution in [0.1, 0.15) is 28.2 Å². The third-order valence-corrected chi connectivity index (χ3v) is 5.97. The van der Waals surface area contributed by atoms with E-state index < -0.39 is 0 Å². The SMILES string of the molecule is COc1ccc(Cc2c(C)nc(C)nc2N2CCN(C(=O)Cc3ccccc3)CC2)cc1. The van der Waals surface area contributed by atoms with Gasteiger partial charge < -0.3 is 14.5 Å². The minimum Gasteiger partial charge on any atom is -0.497 e. The van der Waals surface area contributed by atoms with Gasteiger partial charge in [0.15, 0.2) is 0 Å². The van der Waals surface area contributed by atoms with E-state index in [9.17, 15) is 4.79 Å². The maximum atomic E-state index is 12.8. The lowest BCUT2D eigenvalue weighted by Gasteiger charge is -2.36. The number of aryl methyl sites for hydroxylation is 2. The number of hydrogen-bond acceptors (Lipinski definition) is 5. The summed E-state index contributed by atoms with van der Waals surface area (Å²) in [6, 6.07) is 18.1. The van der Waals surface area contributed by atoms with Crippen LogP contribution in [0.15, 0.2) is 54.6 Å². The molecule has 0 N–H and O–H groups in total. The van der Waals surface area contributed by atoms with Crippen LogP contribution >= 0.6 is 0 Å². The van der Waals surface area contributed by atoms with Crippen molar-refractivity contribution < 1.29 is 9.53 Å². The smallest absolute Gasteiger partial charge is 0.227 e. The molecule has 2 heterocycles. The van der Waals surface area contributed by atoms with Crippen molar-refractivity contribution in [3.63, 3.8) is 0 Å². The predicted molar refractivity (Wildman–Crippen MR) is 126 cm³/mol.